The van der Waals surface area contributed by atoms with E-state index in [0.717, 1.165) is 5.69 Å². The van der Waals surface area contributed by atoms with E-state index in [2.05, 4.69) is 21.6 Å². The smallest absolute Gasteiger partial charge is 0.252 e. The largest absolute Gasteiger partial charge is 0.382 e. The average Bonchev–Trinajstić information content (AvgIpc) is 3.42. The van der Waals surface area contributed by atoms with Crippen molar-refractivity contribution in [3.8, 4) is 11.8 Å². The summed E-state index contributed by atoms with van der Waals surface area (Å²) < 4.78 is 16.5. The molecule has 0 bridgehead atoms. The van der Waals surface area contributed by atoms with Gasteiger partial charge in [0.1, 0.15) is 23.3 Å². The molecule has 3 heterocycles. The lowest BCUT2D eigenvalue weighted by molar-refractivity contribution is 0.0954. The molecule has 0 unspecified atom stereocenters. The lowest BCUT2D eigenvalue weighted by Gasteiger charge is -2.12. The van der Waals surface area contributed by atoms with Gasteiger partial charge in [0, 0.05) is 18.3 Å². The molecule has 1 aromatic carbocycles. The normalized spacial score (nSPS) is 11.4. The van der Waals surface area contributed by atoms with Crippen LogP contribution in [0.1, 0.15) is 73.4 Å². The van der Waals surface area contributed by atoms with Crippen molar-refractivity contribution in [3.63, 3.8) is 0 Å². The topological polar surface area (TPSA) is 127 Å². The molecule has 36 heavy (non-hydrogen) atoms. The van der Waals surface area contributed by atoms with Crippen LogP contribution in [-0.4, -0.2) is 37.0 Å². The van der Waals surface area contributed by atoms with Crippen molar-refractivity contribution in [2.45, 2.75) is 52.5 Å². The molecule has 0 atom stereocenters. The Balaban J connectivity index is 1.48. The van der Waals surface area contributed by atoms with Gasteiger partial charge in [-0.05, 0) is 62.9 Å². The maximum Gasteiger partial charge on any atom is 0.252 e. The molecular weight excluding hydrogens is 459 g/mol. The first-order chi connectivity index (χ1) is 17.2. The van der Waals surface area contributed by atoms with Gasteiger partial charge in [0.15, 0.2) is 5.65 Å². The van der Waals surface area contributed by atoms with Crippen LogP contribution in [0, 0.1) is 17.1 Å². The van der Waals surface area contributed by atoms with Crippen LogP contribution in [0.25, 0.3) is 16.7 Å². The zero-order valence-electron chi connectivity index (χ0n) is 20.8. The predicted molar refractivity (Wildman–Crippen MR) is 135 cm³/mol. The Hall–Kier alpha value is -4.26. The summed E-state index contributed by atoms with van der Waals surface area (Å²) in [5.41, 5.74) is 9.57. The Morgan fingerprint density at radius 2 is 1.94 bits per heavy atom. The summed E-state index contributed by atoms with van der Waals surface area (Å²) in [4.78, 5) is 17.9. The second-order valence-electron chi connectivity index (χ2n) is 9.24. The summed E-state index contributed by atoms with van der Waals surface area (Å²) in [7, 11) is 0. The number of anilines is 1. The molecule has 0 aliphatic rings. The molecule has 3 N–H and O–H groups in total. The Labute approximate surface area is 208 Å². The molecule has 9 nitrogen and oxygen atoms in total. The van der Waals surface area contributed by atoms with Gasteiger partial charge >= 0.3 is 0 Å². The number of halogens is 1. The number of nitrogen functional groups attached to an aromatic ring is 1. The molecule has 0 radical (unpaired) electrons. The number of fused-ring (bicyclic) bond motifs is 1. The van der Waals surface area contributed by atoms with E-state index < -0.39 is 0 Å². The van der Waals surface area contributed by atoms with Crippen LogP contribution in [0.2, 0.25) is 0 Å². The Morgan fingerprint density at radius 1 is 1.22 bits per heavy atom. The van der Waals surface area contributed by atoms with Gasteiger partial charge in [-0.1, -0.05) is 13.8 Å². The summed E-state index contributed by atoms with van der Waals surface area (Å²) in [5, 5.41) is 22.2. The highest BCUT2D eigenvalue weighted by molar-refractivity contribution is 6.05. The highest BCUT2D eigenvalue weighted by Crippen LogP contribution is 2.25. The molecule has 0 aliphatic carbocycles. The molecule has 3 aromatic heterocycles. The van der Waals surface area contributed by atoms with Gasteiger partial charge in [0.05, 0.1) is 28.5 Å². The molecule has 0 fully saturated rings. The van der Waals surface area contributed by atoms with Crippen molar-refractivity contribution < 1.29 is 9.18 Å². The van der Waals surface area contributed by atoms with E-state index in [1.807, 2.05) is 38.4 Å². The minimum Gasteiger partial charge on any atom is -0.382 e. The van der Waals surface area contributed by atoms with Gasteiger partial charge in [-0.3, -0.25) is 4.79 Å². The fraction of sp³-hybridized carbons (Fsp3) is 0.346. The molecule has 0 aliphatic heterocycles. The van der Waals surface area contributed by atoms with Crippen LogP contribution >= 0.6 is 0 Å². The number of pyridine rings is 1. The van der Waals surface area contributed by atoms with Gasteiger partial charge in [-0.25, -0.2) is 18.7 Å². The van der Waals surface area contributed by atoms with Crippen molar-refractivity contribution in [2.75, 3.05) is 12.3 Å². The monoisotopic (exact) mass is 488 g/mol. The second kappa shape index (κ2) is 10.2. The third-order valence-corrected chi connectivity index (χ3v) is 5.96. The standard InChI is InChI=1S/C26H29FN8O/c1-15(2)23-12-19(21-14-31-34(16(3)4)25(21)32-23)26(36)30-11-5-6-22-20(13-28)24(29)35(33-22)18-9-7-17(27)8-10-18/h7-10,12,14-16H,5-6,11,29H2,1-4H3,(H,30,36). The Morgan fingerprint density at radius 3 is 2.58 bits per heavy atom. The number of carbonyl (C=O) groups is 1. The summed E-state index contributed by atoms with van der Waals surface area (Å²) in [6, 6.07) is 9.76. The minimum absolute atomic E-state index is 0.116. The van der Waals surface area contributed by atoms with Gasteiger partial charge in [-0.2, -0.15) is 15.5 Å². The van der Waals surface area contributed by atoms with E-state index in [1.165, 1.54) is 16.8 Å². The zero-order valence-corrected chi connectivity index (χ0v) is 20.8. The Kier molecular flexibility index (Phi) is 7.01. The molecule has 186 valence electrons. The number of aryl methyl sites for hydroxylation is 1. The van der Waals surface area contributed by atoms with Crippen LogP contribution < -0.4 is 11.1 Å². The van der Waals surface area contributed by atoms with Gasteiger partial charge in [0.25, 0.3) is 5.91 Å². The van der Waals surface area contributed by atoms with E-state index in [4.69, 9.17) is 10.7 Å². The number of aromatic nitrogens is 5. The van der Waals surface area contributed by atoms with Crippen LogP contribution in [0.15, 0.2) is 36.5 Å². The number of nitrogens with one attached hydrogen (secondary N) is 1. The molecule has 0 saturated carbocycles. The van der Waals surface area contributed by atoms with Crippen molar-refractivity contribution in [2.24, 2.45) is 0 Å². The van der Waals surface area contributed by atoms with Crippen LogP contribution in [0.3, 0.4) is 0 Å². The summed E-state index contributed by atoms with van der Waals surface area (Å²) in [6.45, 7) is 8.50. The summed E-state index contributed by atoms with van der Waals surface area (Å²) >= 11 is 0. The summed E-state index contributed by atoms with van der Waals surface area (Å²) in [5.74, 6) is -0.220. The molecule has 4 aromatic rings. The van der Waals surface area contributed by atoms with Crippen LogP contribution in [0.5, 0.6) is 0 Å². The number of carbonyl (C=O) groups excluding carboxylic acids is 1. The van der Waals surface area contributed by atoms with Crippen molar-refractivity contribution in [1.82, 2.24) is 29.9 Å². The number of benzene rings is 1. The third-order valence-electron chi connectivity index (χ3n) is 5.96. The number of hydrogen-bond donors (Lipinski definition) is 2. The molecule has 0 spiro atoms. The number of nitrogens with two attached hydrogens (primary N) is 1. The van der Waals surface area contributed by atoms with Gasteiger partial charge < -0.3 is 11.1 Å². The first-order valence-electron chi connectivity index (χ1n) is 11.9. The molecule has 0 saturated heterocycles. The highest BCUT2D eigenvalue weighted by atomic mass is 19.1. The maximum absolute atomic E-state index is 13.3. The fourth-order valence-corrected chi connectivity index (χ4v) is 4.01. The second-order valence-corrected chi connectivity index (χ2v) is 9.24. The van der Waals surface area contributed by atoms with E-state index in [-0.39, 0.29) is 35.1 Å². The lowest BCUT2D eigenvalue weighted by Crippen LogP contribution is -2.25. The number of nitriles is 1. The van der Waals surface area contributed by atoms with E-state index >= 15 is 0 Å². The van der Waals surface area contributed by atoms with E-state index in [0.29, 0.717) is 47.4 Å². The number of hydrogen-bond acceptors (Lipinski definition) is 6. The van der Waals surface area contributed by atoms with Crippen molar-refractivity contribution in [1.29, 1.82) is 5.26 Å². The number of amides is 1. The lowest BCUT2D eigenvalue weighted by atomic mass is 10.0. The maximum atomic E-state index is 13.3. The first kappa shape index (κ1) is 24.9. The molecule has 1 amide bonds. The predicted octanol–water partition coefficient (Wildman–Crippen LogP) is 4.28. The molecule has 4 rings (SSSR count). The first-order valence-corrected chi connectivity index (χ1v) is 11.9. The van der Waals surface area contributed by atoms with E-state index in [1.54, 1.807) is 18.3 Å². The molecular formula is C26H29FN8O. The summed E-state index contributed by atoms with van der Waals surface area (Å²) in [6.07, 6.45) is 2.68. The fourth-order valence-electron chi connectivity index (χ4n) is 4.01. The quantitative estimate of drug-likeness (QED) is 0.357. The third kappa shape index (κ3) is 4.77. The van der Waals surface area contributed by atoms with Gasteiger partial charge in [0.2, 0.25) is 0 Å². The minimum atomic E-state index is -0.371. The number of nitrogens with zero attached hydrogens (tertiary/aromatic N) is 6. The molecule has 10 heteroatoms. The number of rotatable bonds is 8. The highest BCUT2D eigenvalue weighted by Gasteiger charge is 2.20. The van der Waals surface area contributed by atoms with Crippen LogP contribution in [0.4, 0.5) is 10.2 Å². The SMILES string of the molecule is CC(C)c1cc(C(=O)NCCCc2nn(-c3ccc(F)cc3)c(N)c2C#N)c2cnn(C(C)C)c2n1. The zero-order chi connectivity index (χ0) is 26.0. The van der Waals surface area contributed by atoms with Crippen molar-refractivity contribution >= 4 is 22.8 Å². The Bertz CT molecular complexity index is 1440. The van der Waals surface area contributed by atoms with Gasteiger partial charge in [-0.15, -0.1) is 0 Å². The van der Waals surface area contributed by atoms with Crippen LogP contribution in [-0.2, 0) is 6.42 Å². The van der Waals surface area contributed by atoms with Crippen molar-refractivity contribution in [3.05, 3.63) is 64.9 Å². The average molecular weight is 489 g/mol. The van der Waals surface area contributed by atoms with E-state index in [9.17, 15) is 14.4 Å².